The van der Waals surface area contributed by atoms with Crippen molar-refractivity contribution in [3.8, 4) is 0 Å². The molecule has 1 saturated heterocycles. The van der Waals surface area contributed by atoms with Crippen molar-refractivity contribution in [1.82, 2.24) is 5.32 Å². The number of rotatable bonds is 6. The van der Waals surface area contributed by atoms with Gasteiger partial charge in [0.05, 0.1) is 0 Å². The second-order valence-corrected chi connectivity index (χ2v) is 5.53. The highest BCUT2D eigenvalue weighted by molar-refractivity contribution is 6.31. The van der Waals surface area contributed by atoms with E-state index in [1.165, 1.54) is 6.07 Å². The number of hydrogen-bond donors (Lipinski definition) is 1. The van der Waals surface area contributed by atoms with Crippen LogP contribution in [0.15, 0.2) is 18.2 Å². The van der Waals surface area contributed by atoms with Gasteiger partial charge in [0.15, 0.2) is 0 Å². The van der Waals surface area contributed by atoms with E-state index in [4.69, 9.17) is 16.3 Å². The van der Waals surface area contributed by atoms with Crippen LogP contribution in [-0.2, 0) is 11.2 Å². The van der Waals surface area contributed by atoms with Gasteiger partial charge < -0.3 is 10.1 Å². The number of benzene rings is 1. The fraction of sp³-hybridized carbons (Fsp3) is 0.600. The number of nitrogens with one attached hydrogen (secondary N) is 1. The molecular weight excluding hydrogens is 265 g/mol. The van der Waals surface area contributed by atoms with Crippen LogP contribution in [0.4, 0.5) is 4.39 Å². The van der Waals surface area contributed by atoms with Crippen molar-refractivity contribution in [2.24, 2.45) is 5.92 Å². The van der Waals surface area contributed by atoms with Crippen LogP contribution < -0.4 is 5.32 Å². The lowest BCUT2D eigenvalue weighted by Crippen LogP contribution is -2.33. The minimum atomic E-state index is -0.210. The SMILES string of the molecule is CCNC(Cc1c(F)cccc1Cl)CC1CCOC1. The van der Waals surface area contributed by atoms with Crippen molar-refractivity contribution in [3.63, 3.8) is 0 Å². The zero-order valence-electron chi connectivity index (χ0n) is 11.3. The maximum atomic E-state index is 13.8. The van der Waals surface area contributed by atoms with Gasteiger partial charge >= 0.3 is 0 Å². The lowest BCUT2D eigenvalue weighted by molar-refractivity contribution is 0.181. The van der Waals surface area contributed by atoms with Gasteiger partial charge in [-0.15, -0.1) is 0 Å². The first-order valence-electron chi connectivity index (χ1n) is 6.94. The lowest BCUT2D eigenvalue weighted by atomic mass is 9.94. The number of ether oxygens (including phenoxy) is 1. The minimum Gasteiger partial charge on any atom is -0.381 e. The predicted molar refractivity (Wildman–Crippen MR) is 76.1 cm³/mol. The summed E-state index contributed by atoms with van der Waals surface area (Å²) in [5.74, 6) is 0.368. The fourth-order valence-corrected chi connectivity index (χ4v) is 2.91. The monoisotopic (exact) mass is 285 g/mol. The Balaban J connectivity index is 2.02. The standard InChI is InChI=1S/C15H21ClFNO/c1-2-18-12(8-11-6-7-19-10-11)9-13-14(16)4-3-5-15(13)17/h3-5,11-12,18H,2,6-10H2,1H3. The van der Waals surface area contributed by atoms with E-state index in [0.717, 1.165) is 32.6 Å². The van der Waals surface area contributed by atoms with E-state index in [1.807, 2.05) is 0 Å². The Kier molecular flexibility index (Phi) is 5.61. The van der Waals surface area contributed by atoms with E-state index in [9.17, 15) is 4.39 Å². The second-order valence-electron chi connectivity index (χ2n) is 5.12. The molecule has 1 aliphatic heterocycles. The average molecular weight is 286 g/mol. The van der Waals surface area contributed by atoms with Gasteiger partial charge in [-0.2, -0.15) is 0 Å². The molecule has 1 aromatic rings. The Bertz CT molecular complexity index is 387. The van der Waals surface area contributed by atoms with Crippen molar-refractivity contribution >= 4 is 11.6 Å². The normalized spacial score (nSPS) is 20.7. The van der Waals surface area contributed by atoms with Crippen molar-refractivity contribution in [3.05, 3.63) is 34.6 Å². The Morgan fingerprint density at radius 2 is 2.37 bits per heavy atom. The highest BCUT2D eigenvalue weighted by atomic mass is 35.5. The zero-order chi connectivity index (χ0) is 13.7. The molecule has 1 fully saturated rings. The van der Waals surface area contributed by atoms with Crippen LogP contribution in [0.25, 0.3) is 0 Å². The Morgan fingerprint density at radius 3 is 3.00 bits per heavy atom. The van der Waals surface area contributed by atoms with Gasteiger partial charge in [-0.3, -0.25) is 0 Å². The summed E-state index contributed by atoms with van der Waals surface area (Å²) in [6.45, 7) is 4.63. The van der Waals surface area contributed by atoms with Crippen molar-refractivity contribution < 1.29 is 9.13 Å². The Labute approximate surface area is 119 Å². The van der Waals surface area contributed by atoms with E-state index in [-0.39, 0.29) is 11.9 Å². The minimum absolute atomic E-state index is 0.210. The molecule has 2 atom stereocenters. The van der Waals surface area contributed by atoms with Crippen LogP contribution in [0.2, 0.25) is 5.02 Å². The maximum Gasteiger partial charge on any atom is 0.127 e. The van der Waals surface area contributed by atoms with E-state index in [1.54, 1.807) is 12.1 Å². The Morgan fingerprint density at radius 1 is 1.53 bits per heavy atom. The summed E-state index contributed by atoms with van der Waals surface area (Å²) in [5.41, 5.74) is 0.619. The quantitative estimate of drug-likeness (QED) is 0.865. The molecule has 0 amide bonds. The molecule has 19 heavy (non-hydrogen) atoms. The Hall–Kier alpha value is -0.640. The number of halogens is 2. The molecule has 2 unspecified atom stereocenters. The van der Waals surface area contributed by atoms with Crippen molar-refractivity contribution in [2.45, 2.75) is 32.2 Å². The molecule has 0 radical (unpaired) electrons. The molecule has 1 N–H and O–H groups in total. The molecule has 1 heterocycles. The zero-order valence-corrected chi connectivity index (χ0v) is 12.0. The number of likely N-dealkylation sites (N-methyl/N-ethyl adjacent to an activating group) is 1. The highest BCUT2D eigenvalue weighted by Crippen LogP contribution is 2.24. The molecule has 0 saturated carbocycles. The molecule has 2 nitrogen and oxygen atoms in total. The molecule has 0 bridgehead atoms. The smallest absolute Gasteiger partial charge is 0.127 e. The highest BCUT2D eigenvalue weighted by Gasteiger charge is 2.22. The first kappa shape index (κ1) is 14.8. The first-order valence-corrected chi connectivity index (χ1v) is 7.32. The van der Waals surface area contributed by atoms with Gasteiger partial charge in [-0.25, -0.2) is 4.39 Å². The summed E-state index contributed by atoms with van der Waals surface area (Å²) in [7, 11) is 0. The van der Waals surface area contributed by atoms with Crippen molar-refractivity contribution in [1.29, 1.82) is 0 Å². The molecule has 4 heteroatoms. The predicted octanol–water partition coefficient (Wildman–Crippen LogP) is 3.43. The summed E-state index contributed by atoms with van der Waals surface area (Å²) < 4.78 is 19.2. The molecule has 1 aliphatic rings. The molecule has 0 aliphatic carbocycles. The lowest BCUT2D eigenvalue weighted by Gasteiger charge is -2.21. The van der Waals surface area contributed by atoms with Crippen LogP contribution >= 0.6 is 11.6 Å². The molecule has 2 rings (SSSR count). The topological polar surface area (TPSA) is 21.3 Å². The summed E-state index contributed by atoms with van der Waals surface area (Å²) in [5, 5.41) is 3.95. The van der Waals surface area contributed by atoms with E-state index < -0.39 is 0 Å². The van der Waals surface area contributed by atoms with Crippen LogP contribution in [0.1, 0.15) is 25.3 Å². The third-order valence-electron chi connectivity index (χ3n) is 3.65. The van der Waals surface area contributed by atoms with Gasteiger partial charge in [0.2, 0.25) is 0 Å². The van der Waals surface area contributed by atoms with E-state index >= 15 is 0 Å². The summed E-state index contributed by atoms with van der Waals surface area (Å²) >= 11 is 6.10. The van der Waals surface area contributed by atoms with Gasteiger partial charge in [-0.05, 0) is 43.9 Å². The van der Waals surface area contributed by atoms with Crippen LogP contribution in [0.5, 0.6) is 0 Å². The van der Waals surface area contributed by atoms with Crippen LogP contribution in [0.3, 0.4) is 0 Å². The average Bonchev–Trinajstić information content (AvgIpc) is 2.87. The van der Waals surface area contributed by atoms with Crippen molar-refractivity contribution in [2.75, 3.05) is 19.8 Å². The van der Waals surface area contributed by atoms with Crippen LogP contribution in [0, 0.1) is 11.7 Å². The first-order chi connectivity index (χ1) is 9.20. The summed E-state index contributed by atoms with van der Waals surface area (Å²) in [6.07, 6.45) is 2.75. The maximum absolute atomic E-state index is 13.8. The molecular formula is C15H21ClFNO. The van der Waals surface area contributed by atoms with Gasteiger partial charge in [0.25, 0.3) is 0 Å². The van der Waals surface area contributed by atoms with Gasteiger partial charge in [0, 0.05) is 29.8 Å². The summed E-state index contributed by atoms with van der Waals surface area (Å²) in [6, 6.07) is 5.13. The van der Waals surface area contributed by atoms with Gasteiger partial charge in [0.1, 0.15) is 5.82 Å². The molecule has 106 valence electrons. The molecule has 0 spiro atoms. The fourth-order valence-electron chi connectivity index (χ4n) is 2.67. The van der Waals surface area contributed by atoms with E-state index in [2.05, 4.69) is 12.2 Å². The molecule has 0 aromatic heterocycles. The van der Waals surface area contributed by atoms with Gasteiger partial charge in [-0.1, -0.05) is 24.6 Å². The second kappa shape index (κ2) is 7.22. The van der Waals surface area contributed by atoms with E-state index in [0.29, 0.717) is 22.9 Å². The largest absolute Gasteiger partial charge is 0.381 e. The van der Waals surface area contributed by atoms with Crippen LogP contribution in [-0.4, -0.2) is 25.8 Å². The third-order valence-corrected chi connectivity index (χ3v) is 4.00. The summed E-state index contributed by atoms with van der Waals surface area (Å²) in [4.78, 5) is 0. The third kappa shape index (κ3) is 4.16. The number of hydrogen-bond acceptors (Lipinski definition) is 2. The molecule has 1 aromatic carbocycles.